The summed E-state index contributed by atoms with van der Waals surface area (Å²) < 4.78 is 5.16. The number of hydrogen-bond acceptors (Lipinski definition) is 4. The summed E-state index contributed by atoms with van der Waals surface area (Å²) in [5.41, 5.74) is 0. The molecule has 1 aliphatic carbocycles. The van der Waals surface area contributed by atoms with Gasteiger partial charge in [-0.1, -0.05) is 6.92 Å². The zero-order valence-electron chi connectivity index (χ0n) is 12.1. The number of ether oxygens (including phenoxy) is 1. The molecular formula is C15H25NO3. The monoisotopic (exact) mass is 267 g/mol. The minimum Gasteiger partial charge on any atom is -0.466 e. The fourth-order valence-corrected chi connectivity index (χ4v) is 3.63. The first-order valence-electron chi connectivity index (χ1n) is 7.58. The lowest BCUT2D eigenvalue weighted by Gasteiger charge is -2.46. The van der Waals surface area contributed by atoms with Crippen molar-refractivity contribution in [3.05, 3.63) is 0 Å². The van der Waals surface area contributed by atoms with Crippen LogP contribution in [0.15, 0.2) is 0 Å². The Hall–Kier alpha value is -0.900. The smallest absolute Gasteiger partial charge is 0.310 e. The molecule has 0 bridgehead atoms. The van der Waals surface area contributed by atoms with Crippen LogP contribution >= 0.6 is 0 Å². The molecular weight excluding hydrogens is 242 g/mol. The molecule has 0 spiro atoms. The van der Waals surface area contributed by atoms with Crippen molar-refractivity contribution in [3.8, 4) is 0 Å². The summed E-state index contributed by atoms with van der Waals surface area (Å²) in [7, 11) is 0. The van der Waals surface area contributed by atoms with Crippen LogP contribution in [0.25, 0.3) is 0 Å². The average Bonchev–Trinajstić information content (AvgIpc) is 2.38. The highest BCUT2D eigenvalue weighted by atomic mass is 16.5. The SMILES string of the molecule is CCCN1CC(C(=O)OCC)CC2CC(=O)CCC21. The van der Waals surface area contributed by atoms with Crippen molar-refractivity contribution in [1.29, 1.82) is 0 Å². The Morgan fingerprint density at radius 2 is 2.21 bits per heavy atom. The van der Waals surface area contributed by atoms with Gasteiger partial charge in [-0.3, -0.25) is 14.5 Å². The highest BCUT2D eigenvalue weighted by Gasteiger charge is 2.41. The van der Waals surface area contributed by atoms with Crippen LogP contribution in [-0.2, 0) is 14.3 Å². The highest BCUT2D eigenvalue weighted by molar-refractivity contribution is 5.80. The van der Waals surface area contributed by atoms with Crippen LogP contribution in [0.5, 0.6) is 0 Å². The number of fused-ring (bicyclic) bond motifs is 1. The molecule has 1 heterocycles. The van der Waals surface area contributed by atoms with E-state index in [1.165, 1.54) is 0 Å². The maximum absolute atomic E-state index is 12.0. The van der Waals surface area contributed by atoms with E-state index < -0.39 is 0 Å². The molecule has 4 heteroatoms. The number of Topliss-reactive ketones (excluding diaryl/α,β-unsaturated/α-hetero) is 1. The molecule has 0 aromatic heterocycles. The molecule has 0 aromatic rings. The minimum atomic E-state index is -0.0833. The van der Waals surface area contributed by atoms with Gasteiger partial charge in [-0.15, -0.1) is 0 Å². The topological polar surface area (TPSA) is 46.6 Å². The number of likely N-dealkylation sites (tertiary alicyclic amines) is 1. The van der Waals surface area contributed by atoms with Gasteiger partial charge in [-0.05, 0) is 38.6 Å². The summed E-state index contributed by atoms with van der Waals surface area (Å²) in [6.07, 6.45) is 4.26. The van der Waals surface area contributed by atoms with Gasteiger partial charge in [0.25, 0.3) is 0 Å². The molecule has 19 heavy (non-hydrogen) atoms. The number of hydrogen-bond donors (Lipinski definition) is 0. The molecule has 1 saturated carbocycles. The van der Waals surface area contributed by atoms with Crippen molar-refractivity contribution >= 4 is 11.8 Å². The highest BCUT2D eigenvalue weighted by Crippen LogP contribution is 2.36. The summed E-state index contributed by atoms with van der Waals surface area (Å²) in [4.78, 5) is 26.0. The van der Waals surface area contributed by atoms with E-state index in [-0.39, 0.29) is 11.9 Å². The van der Waals surface area contributed by atoms with Crippen molar-refractivity contribution < 1.29 is 14.3 Å². The van der Waals surface area contributed by atoms with Gasteiger partial charge in [0.1, 0.15) is 5.78 Å². The second kappa shape index (κ2) is 6.51. The number of rotatable bonds is 4. The molecule has 1 saturated heterocycles. The third-order valence-electron chi connectivity index (χ3n) is 4.39. The van der Waals surface area contributed by atoms with Crippen molar-refractivity contribution in [2.75, 3.05) is 19.7 Å². The average molecular weight is 267 g/mol. The molecule has 0 amide bonds. The van der Waals surface area contributed by atoms with Crippen LogP contribution in [0, 0.1) is 11.8 Å². The predicted octanol–water partition coefficient (Wildman–Crippen LogP) is 2.02. The Balaban J connectivity index is 2.06. The maximum Gasteiger partial charge on any atom is 0.310 e. The van der Waals surface area contributed by atoms with E-state index in [9.17, 15) is 9.59 Å². The quantitative estimate of drug-likeness (QED) is 0.731. The summed E-state index contributed by atoms with van der Waals surface area (Å²) in [6.45, 7) is 6.28. The van der Waals surface area contributed by atoms with Gasteiger partial charge >= 0.3 is 5.97 Å². The van der Waals surface area contributed by atoms with Gasteiger partial charge in [0.15, 0.2) is 0 Å². The number of piperidine rings is 1. The van der Waals surface area contributed by atoms with Crippen molar-refractivity contribution in [1.82, 2.24) is 4.90 Å². The predicted molar refractivity (Wildman–Crippen MR) is 72.7 cm³/mol. The molecule has 0 N–H and O–H groups in total. The molecule has 2 fully saturated rings. The third-order valence-corrected chi connectivity index (χ3v) is 4.39. The Labute approximate surface area is 115 Å². The maximum atomic E-state index is 12.0. The fraction of sp³-hybridized carbons (Fsp3) is 0.867. The van der Waals surface area contributed by atoms with Gasteiger partial charge in [0.2, 0.25) is 0 Å². The minimum absolute atomic E-state index is 0.0429. The lowest BCUT2D eigenvalue weighted by Crippen LogP contribution is -2.53. The molecule has 108 valence electrons. The first-order valence-corrected chi connectivity index (χ1v) is 7.58. The summed E-state index contributed by atoms with van der Waals surface area (Å²) in [5, 5.41) is 0. The van der Waals surface area contributed by atoms with Gasteiger partial charge in [-0.2, -0.15) is 0 Å². The van der Waals surface area contributed by atoms with E-state index in [1.807, 2.05) is 6.92 Å². The Morgan fingerprint density at radius 1 is 1.42 bits per heavy atom. The first-order chi connectivity index (χ1) is 9.15. The van der Waals surface area contributed by atoms with E-state index >= 15 is 0 Å². The Bertz CT molecular complexity index is 342. The van der Waals surface area contributed by atoms with Crippen LogP contribution in [0.1, 0.15) is 46.0 Å². The molecule has 3 unspecified atom stereocenters. The van der Waals surface area contributed by atoms with Crippen molar-refractivity contribution in [2.24, 2.45) is 11.8 Å². The molecule has 4 nitrogen and oxygen atoms in total. The number of ketones is 1. The number of carbonyl (C=O) groups excluding carboxylic acids is 2. The van der Waals surface area contributed by atoms with Crippen molar-refractivity contribution in [2.45, 2.75) is 52.0 Å². The molecule has 1 aliphatic heterocycles. The van der Waals surface area contributed by atoms with E-state index in [0.717, 1.165) is 32.4 Å². The van der Waals surface area contributed by atoms with Crippen LogP contribution in [-0.4, -0.2) is 42.4 Å². The Morgan fingerprint density at radius 3 is 2.89 bits per heavy atom. The number of nitrogens with zero attached hydrogens (tertiary/aromatic N) is 1. The van der Waals surface area contributed by atoms with E-state index in [1.54, 1.807) is 0 Å². The van der Waals surface area contributed by atoms with Gasteiger partial charge in [0.05, 0.1) is 12.5 Å². The molecule has 2 rings (SSSR count). The first kappa shape index (κ1) is 14.5. The van der Waals surface area contributed by atoms with Crippen LogP contribution in [0.4, 0.5) is 0 Å². The number of carbonyl (C=O) groups is 2. The lowest BCUT2D eigenvalue weighted by atomic mass is 9.74. The van der Waals surface area contributed by atoms with Crippen LogP contribution in [0.3, 0.4) is 0 Å². The lowest BCUT2D eigenvalue weighted by molar-refractivity contribution is -0.153. The molecule has 2 aliphatic rings. The van der Waals surface area contributed by atoms with Crippen LogP contribution < -0.4 is 0 Å². The third kappa shape index (κ3) is 3.35. The summed E-state index contributed by atoms with van der Waals surface area (Å²) in [6, 6.07) is 0.503. The van der Waals surface area contributed by atoms with E-state index in [0.29, 0.717) is 37.2 Å². The molecule has 0 aromatic carbocycles. The van der Waals surface area contributed by atoms with E-state index in [2.05, 4.69) is 11.8 Å². The second-order valence-corrected chi connectivity index (χ2v) is 5.79. The second-order valence-electron chi connectivity index (χ2n) is 5.79. The van der Waals surface area contributed by atoms with Gasteiger partial charge in [-0.25, -0.2) is 0 Å². The van der Waals surface area contributed by atoms with Crippen LogP contribution in [0.2, 0.25) is 0 Å². The van der Waals surface area contributed by atoms with Gasteiger partial charge in [0, 0.05) is 25.4 Å². The molecule has 3 atom stereocenters. The zero-order valence-corrected chi connectivity index (χ0v) is 12.1. The molecule has 0 radical (unpaired) electrons. The Kier molecular flexibility index (Phi) is 4.97. The van der Waals surface area contributed by atoms with E-state index in [4.69, 9.17) is 4.74 Å². The summed E-state index contributed by atoms with van der Waals surface area (Å²) in [5.74, 6) is 0.594. The zero-order chi connectivity index (χ0) is 13.8. The van der Waals surface area contributed by atoms with Gasteiger partial charge < -0.3 is 4.74 Å². The standard InChI is InChI=1S/C15H25NO3/c1-3-7-16-10-12(15(18)19-4-2)8-11-9-13(17)5-6-14(11)16/h11-12,14H,3-10H2,1-2H3. The largest absolute Gasteiger partial charge is 0.466 e. The summed E-state index contributed by atoms with van der Waals surface area (Å²) >= 11 is 0. The fourth-order valence-electron chi connectivity index (χ4n) is 3.63. The normalized spacial score (nSPS) is 31.9. The van der Waals surface area contributed by atoms with Crippen molar-refractivity contribution in [3.63, 3.8) is 0 Å². The number of esters is 1.